The largest absolute Gasteiger partial charge is 0.372 e. The first-order chi connectivity index (χ1) is 7.79. The smallest absolute Gasteiger partial charge is 0.0991 e. The molecule has 2 N–H and O–H groups in total. The molecule has 0 radical (unpaired) electrons. The second-order valence-corrected chi connectivity index (χ2v) is 4.26. The van der Waals surface area contributed by atoms with E-state index in [4.69, 9.17) is 15.7 Å². The molecule has 0 aromatic heterocycles. The van der Waals surface area contributed by atoms with E-state index in [-0.39, 0.29) is 12.1 Å². The van der Waals surface area contributed by atoms with Crippen LogP contribution in [0.15, 0.2) is 24.3 Å². The maximum atomic E-state index is 8.77. The first kappa shape index (κ1) is 11.1. The van der Waals surface area contributed by atoms with Gasteiger partial charge in [0.05, 0.1) is 24.3 Å². The molecular formula is C13H16N2O. The Morgan fingerprint density at radius 2 is 2.31 bits per heavy atom. The van der Waals surface area contributed by atoms with E-state index in [0.29, 0.717) is 12.2 Å². The van der Waals surface area contributed by atoms with Crippen molar-refractivity contribution in [3.63, 3.8) is 0 Å². The van der Waals surface area contributed by atoms with E-state index in [1.54, 1.807) is 6.07 Å². The summed E-state index contributed by atoms with van der Waals surface area (Å²) >= 11 is 0. The van der Waals surface area contributed by atoms with Crippen LogP contribution in [-0.2, 0) is 11.3 Å². The fourth-order valence-electron chi connectivity index (χ4n) is 2.10. The monoisotopic (exact) mass is 216 g/mol. The van der Waals surface area contributed by atoms with Gasteiger partial charge in [0.2, 0.25) is 0 Å². The highest BCUT2D eigenvalue weighted by molar-refractivity contribution is 5.32. The molecule has 1 aromatic rings. The number of nitriles is 1. The lowest BCUT2D eigenvalue weighted by atomic mass is 10.1. The minimum atomic E-state index is 0.180. The van der Waals surface area contributed by atoms with Gasteiger partial charge in [0.25, 0.3) is 0 Å². The summed E-state index contributed by atoms with van der Waals surface area (Å²) < 4.78 is 5.77. The van der Waals surface area contributed by atoms with Crippen LogP contribution in [0.4, 0.5) is 0 Å². The summed E-state index contributed by atoms with van der Waals surface area (Å²) in [5.74, 6) is 0. The molecule has 0 amide bonds. The van der Waals surface area contributed by atoms with Crippen LogP contribution < -0.4 is 5.73 Å². The Balaban J connectivity index is 1.92. The van der Waals surface area contributed by atoms with Crippen LogP contribution in [-0.4, -0.2) is 12.1 Å². The van der Waals surface area contributed by atoms with Gasteiger partial charge >= 0.3 is 0 Å². The van der Waals surface area contributed by atoms with Gasteiger partial charge < -0.3 is 10.5 Å². The predicted molar refractivity (Wildman–Crippen MR) is 61.6 cm³/mol. The number of hydrogen-bond donors (Lipinski definition) is 1. The zero-order chi connectivity index (χ0) is 11.4. The Hall–Kier alpha value is -1.37. The minimum absolute atomic E-state index is 0.180. The molecule has 2 rings (SSSR count). The van der Waals surface area contributed by atoms with Crippen molar-refractivity contribution in [1.82, 2.24) is 0 Å². The highest BCUT2D eigenvalue weighted by Gasteiger charge is 2.24. The van der Waals surface area contributed by atoms with E-state index in [1.807, 2.05) is 18.2 Å². The van der Waals surface area contributed by atoms with Crippen molar-refractivity contribution in [2.45, 2.75) is 38.0 Å². The Labute approximate surface area is 95.8 Å². The van der Waals surface area contributed by atoms with Crippen molar-refractivity contribution in [1.29, 1.82) is 5.26 Å². The molecule has 3 nitrogen and oxygen atoms in total. The summed E-state index contributed by atoms with van der Waals surface area (Å²) in [7, 11) is 0. The van der Waals surface area contributed by atoms with Crippen molar-refractivity contribution in [2.75, 3.05) is 0 Å². The summed E-state index contributed by atoms with van der Waals surface area (Å²) in [6.07, 6.45) is 3.46. The number of nitrogens with zero attached hydrogens (tertiary/aromatic N) is 1. The molecule has 1 fully saturated rings. The third kappa shape index (κ3) is 2.60. The summed E-state index contributed by atoms with van der Waals surface area (Å²) in [5.41, 5.74) is 7.64. The minimum Gasteiger partial charge on any atom is -0.372 e. The van der Waals surface area contributed by atoms with Gasteiger partial charge in [0, 0.05) is 6.04 Å². The molecule has 0 spiro atoms. The lowest BCUT2D eigenvalue weighted by molar-refractivity contribution is 0.0357. The molecular weight excluding hydrogens is 200 g/mol. The summed E-state index contributed by atoms with van der Waals surface area (Å²) in [6.45, 7) is 0.549. The Morgan fingerprint density at radius 1 is 1.44 bits per heavy atom. The molecule has 0 aliphatic heterocycles. The van der Waals surface area contributed by atoms with Crippen LogP contribution in [0.1, 0.15) is 30.4 Å². The quantitative estimate of drug-likeness (QED) is 0.840. The van der Waals surface area contributed by atoms with Gasteiger partial charge in [0.15, 0.2) is 0 Å². The van der Waals surface area contributed by atoms with E-state index in [1.165, 1.54) is 0 Å². The third-order valence-electron chi connectivity index (χ3n) is 3.02. The predicted octanol–water partition coefficient (Wildman–Crippen LogP) is 1.95. The molecule has 1 aliphatic carbocycles. The number of nitrogens with two attached hydrogens (primary N) is 1. The van der Waals surface area contributed by atoms with Crippen molar-refractivity contribution in [3.05, 3.63) is 35.4 Å². The van der Waals surface area contributed by atoms with Gasteiger partial charge in [-0.25, -0.2) is 0 Å². The molecule has 0 heterocycles. The zero-order valence-corrected chi connectivity index (χ0v) is 9.23. The van der Waals surface area contributed by atoms with Crippen molar-refractivity contribution >= 4 is 0 Å². The van der Waals surface area contributed by atoms with E-state index < -0.39 is 0 Å². The van der Waals surface area contributed by atoms with Gasteiger partial charge in [-0.15, -0.1) is 0 Å². The summed E-state index contributed by atoms with van der Waals surface area (Å²) in [6, 6.07) is 9.82. The van der Waals surface area contributed by atoms with E-state index in [9.17, 15) is 0 Å². The number of rotatable bonds is 3. The van der Waals surface area contributed by atoms with Crippen LogP contribution in [0.3, 0.4) is 0 Å². The van der Waals surface area contributed by atoms with Crippen LogP contribution >= 0.6 is 0 Å². The number of benzene rings is 1. The zero-order valence-electron chi connectivity index (χ0n) is 9.23. The van der Waals surface area contributed by atoms with E-state index >= 15 is 0 Å². The summed E-state index contributed by atoms with van der Waals surface area (Å²) in [4.78, 5) is 0. The average Bonchev–Trinajstić information content (AvgIpc) is 2.72. The fourth-order valence-corrected chi connectivity index (χ4v) is 2.10. The third-order valence-corrected chi connectivity index (χ3v) is 3.02. The van der Waals surface area contributed by atoms with Crippen molar-refractivity contribution in [2.24, 2.45) is 5.73 Å². The molecule has 1 aliphatic rings. The Kier molecular flexibility index (Phi) is 3.55. The average molecular weight is 216 g/mol. The Morgan fingerprint density at radius 3 is 3.00 bits per heavy atom. The molecule has 84 valence electrons. The second kappa shape index (κ2) is 5.11. The maximum absolute atomic E-state index is 8.77. The molecule has 2 atom stereocenters. The van der Waals surface area contributed by atoms with Gasteiger partial charge in [-0.1, -0.05) is 12.1 Å². The van der Waals surface area contributed by atoms with Crippen LogP contribution in [0.25, 0.3) is 0 Å². The van der Waals surface area contributed by atoms with Crippen LogP contribution in [0, 0.1) is 11.3 Å². The maximum Gasteiger partial charge on any atom is 0.0991 e. The standard InChI is InChI=1S/C13H16N2O/c14-8-10-3-1-4-11(7-10)9-16-13-6-2-5-12(13)15/h1,3-4,7,12-13H,2,5-6,9,15H2/t12-,13-/m0/s1. The number of ether oxygens (including phenoxy) is 1. The Bertz CT molecular complexity index is 397. The molecule has 0 saturated heterocycles. The molecule has 1 saturated carbocycles. The SMILES string of the molecule is N#Cc1cccc(CO[C@H]2CCC[C@@H]2N)c1. The molecule has 16 heavy (non-hydrogen) atoms. The highest BCUT2D eigenvalue weighted by Crippen LogP contribution is 2.21. The van der Waals surface area contributed by atoms with E-state index in [2.05, 4.69) is 6.07 Å². The molecule has 1 aromatic carbocycles. The topological polar surface area (TPSA) is 59.0 Å². The molecule has 0 bridgehead atoms. The first-order valence-corrected chi connectivity index (χ1v) is 5.66. The van der Waals surface area contributed by atoms with Gasteiger partial charge in [-0.3, -0.25) is 0 Å². The van der Waals surface area contributed by atoms with Crippen molar-refractivity contribution < 1.29 is 4.74 Å². The highest BCUT2D eigenvalue weighted by atomic mass is 16.5. The van der Waals surface area contributed by atoms with Gasteiger partial charge in [-0.2, -0.15) is 5.26 Å². The van der Waals surface area contributed by atoms with Crippen LogP contribution in [0.5, 0.6) is 0 Å². The molecule has 3 heteroatoms. The lowest BCUT2D eigenvalue weighted by Gasteiger charge is -2.16. The van der Waals surface area contributed by atoms with Gasteiger partial charge in [-0.05, 0) is 37.0 Å². The van der Waals surface area contributed by atoms with E-state index in [0.717, 1.165) is 24.8 Å². The normalized spacial score (nSPS) is 24.2. The van der Waals surface area contributed by atoms with Crippen LogP contribution in [0.2, 0.25) is 0 Å². The summed E-state index contributed by atoms with van der Waals surface area (Å²) in [5, 5.41) is 8.77. The number of hydrogen-bond acceptors (Lipinski definition) is 3. The molecule has 0 unspecified atom stereocenters. The van der Waals surface area contributed by atoms with Gasteiger partial charge in [0.1, 0.15) is 0 Å². The fraction of sp³-hybridized carbons (Fsp3) is 0.462. The first-order valence-electron chi connectivity index (χ1n) is 5.66. The van der Waals surface area contributed by atoms with Crippen molar-refractivity contribution in [3.8, 4) is 6.07 Å². The lowest BCUT2D eigenvalue weighted by Crippen LogP contribution is -2.31. The second-order valence-electron chi connectivity index (χ2n) is 4.26.